The van der Waals surface area contributed by atoms with E-state index >= 15 is 0 Å². The van der Waals surface area contributed by atoms with Crippen molar-refractivity contribution in [2.75, 3.05) is 13.1 Å². The Balaban J connectivity index is 1.82. The Kier molecular flexibility index (Phi) is 3.13. The zero-order chi connectivity index (χ0) is 14.2. The molecule has 4 nitrogen and oxygen atoms in total. The molecule has 7 heteroatoms. The second kappa shape index (κ2) is 4.82. The first-order valence-corrected chi connectivity index (χ1v) is 6.12. The van der Waals surface area contributed by atoms with Gasteiger partial charge in [0.05, 0.1) is 6.33 Å². The van der Waals surface area contributed by atoms with Crippen molar-refractivity contribution in [2.24, 2.45) is 0 Å². The Bertz CT molecular complexity index is 588. The highest BCUT2D eigenvalue weighted by Crippen LogP contribution is 2.26. The van der Waals surface area contributed by atoms with Gasteiger partial charge in [-0.25, -0.2) is 4.98 Å². The van der Waals surface area contributed by atoms with Gasteiger partial charge in [0, 0.05) is 36.6 Å². The molecule has 1 fully saturated rings. The second-order valence-corrected chi connectivity index (χ2v) is 4.59. The molecule has 0 aliphatic carbocycles. The van der Waals surface area contributed by atoms with E-state index in [-0.39, 0.29) is 5.75 Å². The fraction of sp³-hybridized carbons (Fsp3) is 0.308. The van der Waals surface area contributed by atoms with Crippen LogP contribution >= 0.6 is 0 Å². The van der Waals surface area contributed by atoms with Gasteiger partial charge in [-0.15, -0.1) is 13.2 Å². The first-order chi connectivity index (χ1) is 9.53. The summed E-state index contributed by atoms with van der Waals surface area (Å²) in [6, 6.07) is 5.76. The molecule has 106 valence electrons. The summed E-state index contributed by atoms with van der Waals surface area (Å²) in [5.41, 5.74) is 1.81. The number of hydrogen-bond acceptors (Lipinski definition) is 3. The van der Waals surface area contributed by atoms with Crippen LogP contribution in [-0.4, -0.2) is 29.0 Å². The van der Waals surface area contributed by atoms with Crippen molar-refractivity contribution in [1.82, 2.24) is 14.9 Å². The van der Waals surface area contributed by atoms with Gasteiger partial charge in [0.2, 0.25) is 0 Å². The Hall–Kier alpha value is -2.02. The number of halogens is 3. The van der Waals surface area contributed by atoms with Gasteiger partial charge in [-0.3, -0.25) is 0 Å². The van der Waals surface area contributed by atoms with Gasteiger partial charge in [-0.05, 0) is 24.3 Å². The maximum absolute atomic E-state index is 12.1. The molecule has 1 aliphatic heterocycles. The van der Waals surface area contributed by atoms with Crippen molar-refractivity contribution >= 4 is 0 Å². The Morgan fingerprint density at radius 1 is 1.20 bits per heavy atom. The number of nitrogens with one attached hydrogen (secondary N) is 1. The fourth-order valence-electron chi connectivity index (χ4n) is 2.13. The maximum Gasteiger partial charge on any atom is 0.573 e. The summed E-state index contributed by atoms with van der Waals surface area (Å²) >= 11 is 0. The summed E-state index contributed by atoms with van der Waals surface area (Å²) in [6.07, 6.45) is -1.22. The van der Waals surface area contributed by atoms with Crippen LogP contribution in [0.15, 0.2) is 36.8 Å². The third-order valence-corrected chi connectivity index (χ3v) is 3.22. The minimum absolute atomic E-state index is 0.228. The van der Waals surface area contributed by atoms with Crippen molar-refractivity contribution in [2.45, 2.75) is 12.3 Å². The van der Waals surface area contributed by atoms with Gasteiger partial charge < -0.3 is 14.6 Å². The first kappa shape index (κ1) is 13.0. The fourth-order valence-corrected chi connectivity index (χ4v) is 2.13. The quantitative estimate of drug-likeness (QED) is 0.940. The summed E-state index contributed by atoms with van der Waals surface area (Å²) in [7, 11) is 0. The largest absolute Gasteiger partial charge is 0.573 e. The lowest BCUT2D eigenvalue weighted by molar-refractivity contribution is -0.274. The molecule has 2 heterocycles. The lowest BCUT2D eigenvalue weighted by atomic mass is 10.00. The summed E-state index contributed by atoms with van der Waals surface area (Å²) in [5, 5.41) is 3.18. The number of aromatic nitrogens is 2. The van der Waals surface area contributed by atoms with E-state index in [1.54, 1.807) is 24.7 Å². The number of ether oxygens (including phenoxy) is 1. The molecule has 2 aromatic rings. The monoisotopic (exact) mass is 283 g/mol. The molecule has 0 bridgehead atoms. The zero-order valence-corrected chi connectivity index (χ0v) is 10.4. The van der Waals surface area contributed by atoms with E-state index < -0.39 is 6.36 Å². The lowest BCUT2D eigenvalue weighted by Gasteiger charge is -2.27. The molecule has 0 radical (unpaired) electrons. The van der Waals surface area contributed by atoms with Crippen molar-refractivity contribution < 1.29 is 17.9 Å². The molecule has 0 saturated carbocycles. The van der Waals surface area contributed by atoms with Crippen molar-refractivity contribution in [3.63, 3.8) is 0 Å². The molecular weight excluding hydrogens is 271 g/mol. The number of benzene rings is 1. The summed E-state index contributed by atoms with van der Waals surface area (Å²) in [4.78, 5) is 4.11. The molecule has 20 heavy (non-hydrogen) atoms. The predicted molar refractivity (Wildman–Crippen MR) is 65.9 cm³/mol. The molecule has 0 atom stereocenters. The van der Waals surface area contributed by atoms with Crippen LogP contribution in [0.5, 0.6) is 5.75 Å². The zero-order valence-electron chi connectivity index (χ0n) is 10.4. The third kappa shape index (κ3) is 2.62. The Morgan fingerprint density at radius 3 is 2.45 bits per heavy atom. The van der Waals surface area contributed by atoms with E-state index in [1.807, 2.05) is 4.57 Å². The van der Waals surface area contributed by atoms with Crippen molar-refractivity contribution in [1.29, 1.82) is 0 Å². The van der Waals surface area contributed by atoms with Gasteiger partial charge >= 0.3 is 6.36 Å². The van der Waals surface area contributed by atoms with Gasteiger partial charge in [-0.1, -0.05) is 0 Å². The lowest BCUT2D eigenvalue weighted by Crippen LogP contribution is -2.40. The van der Waals surface area contributed by atoms with Gasteiger partial charge in [0.15, 0.2) is 0 Å². The van der Waals surface area contributed by atoms with E-state index in [2.05, 4.69) is 15.0 Å². The normalized spacial score (nSPS) is 15.9. The molecule has 0 amide bonds. The predicted octanol–water partition coefficient (Wildman–Crippen LogP) is 2.46. The van der Waals surface area contributed by atoms with E-state index in [4.69, 9.17) is 0 Å². The highest BCUT2D eigenvalue weighted by Gasteiger charge is 2.31. The highest BCUT2D eigenvalue weighted by molar-refractivity contribution is 5.39. The number of alkyl halides is 3. The van der Waals surface area contributed by atoms with Crippen LogP contribution in [0.2, 0.25) is 0 Å². The van der Waals surface area contributed by atoms with Gasteiger partial charge in [-0.2, -0.15) is 0 Å². The van der Waals surface area contributed by atoms with Crippen LogP contribution in [0.4, 0.5) is 13.2 Å². The summed E-state index contributed by atoms with van der Waals surface area (Å²) in [6.45, 7) is 1.78. The van der Waals surface area contributed by atoms with E-state index in [0.29, 0.717) is 5.92 Å². The average molecular weight is 283 g/mol. The van der Waals surface area contributed by atoms with Crippen LogP contribution in [0.3, 0.4) is 0 Å². The second-order valence-electron chi connectivity index (χ2n) is 4.59. The topological polar surface area (TPSA) is 39.1 Å². The summed E-state index contributed by atoms with van der Waals surface area (Å²) in [5.74, 6) is 0.164. The molecular formula is C13H12F3N3O. The highest BCUT2D eigenvalue weighted by atomic mass is 19.4. The van der Waals surface area contributed by atoms with Gasteiger partial charge in [0.1, 0.15) is 5.75 Å². The smallest absolute Gasteiger partial charge is 0.406 e. The molecule has 0 unspecified atom stereocenters. The van der Waals surface area contributed by atoms with Crippen LogP contribution in [0.1, 0.15) is 11.6 Å². The number of imidazole rings is 1. The molecule has 1 aromatic heterocycles. The molecule has 1 aromatic carbocycles. The minimum Gasteiger partial charge on any atom is -0.406 e. The van der Waals surface area contributed by atoms with Crippen LogP contribution in [-0.2, 0) is 0 Å². The Labute approximate surface area is 113 Å². The summed E-state index contributed by atoms with van der Waals surface area (Å²) < 4.78 is 42.0. The number of hydrogen-bond donors (Lipinski definition) is 1. The minimum atomic E-state index is -4.67. The third-order valence-electron chi connectivity index (χ3n) is 3.22. The van der Waals surface area contributed by atoms with E-state index in [9.17, 15) is 13.2 Å². The first-order valence-electron chi connectivity index (χ1n) is 6.12. The van der Waals surface area contributed by atoms with Crippen LogP contribution in [0.25, 0.3) is 5.69 Å². The van der Waals surface area contributed by atoms with E-state index in [0.717, 1.165) is 24.5 Å². The Morgan fingerprint density at radius 2 is 1.90 bits per heavy atom. The molecule has 1 saturated heterocycles. The molecule has 3 rings (SSSR count). The molecule has 1 N–H and O–H groups in total. The van der Waals surface area contributed by atoms with Crippen molar-refractivity contribution in [3.8, 4) is 11.4 Å². The van der Waals surface area contributed by atoms with Crippen molar-refractivity contribution in [3.05, 3.63) is 42.5 Å². The average Bonchev–Trinajstić information content (AvgIpc) is 2.74. The van der Waals surface area contributed by atoms with Gasteiger partial charge in [0.25, 0.3) is 0 Å². The standard InChI is InChI=1S/C13H12F3N3O/c14-13(15,16)20-11-3-1-10(2-4-11)19-8-18-7-12(19)9-5-17-6-9/h1-4,7-9,17H,5-6H2. The SMILES string of the molecule is FC(F)(F)Oc1ccc(-n2cncc2C2CNC2)cc1. The van der Waals surface area contributed by atoms with E-state index in [1.165, 1.54) is 12.1 Å². The maximum atomic E-state index is 12.1. The molecule has 0 spiro atoms. The van der Waals surface area contributed by atoms with Crippen LogP contribution < -0.4 is 10.1 Å². The number of rotatable bonds is 3. The molecule has 1 aliphatic rings. The number of nitrogens with zero attached hydrogens (tertiary/aromatic N) is 2. The van der Waals surface area contributed by atoms with Crippen LogP contribution in [0, 0.1) is 0 Å².